The molecule has 4 atom stereocenters. The highest BCUT2D eigenvalue weighted by molar-refractivity contribution is 5.63. The maximum Gasteiger partial charge on any atom is 0.120 e. The van der Waals surface area contributed by atoms with Crippen molar-refractivity contribution in [2.45, 2.75) is 32.2 Å². The first-order valence-electron chi connectivity index (χ1n) is 12.9. The molecule has 0 radical (unpaired) electrons. The number of nitrogens with one attached hydrogen (secondary N) is 1. The smallest absolute Gasteiger partial charge is 0.120 e. The summed E-state index contributed by atoms with van der Waals surface area (Å²) in [7, 11) is 0. The van der Waals surface area contributed by atoms with Crippen molar-refractivity contribution in [3.8, 4) is 11.1 Å². The fourth-order valence-corrected chi connectivity index (χ4v) is 5.92. The van der Waals surface area contributed by atoms with Crippen LogP contribution in [-0.2, 0) is 11.3 Å². The molecule has 0 bridgehead atoms. The van der Waals surface area contributed by atoms with Gasteiger partial charge in [0.05, 0.1) is 0 Å². The fraction of sp³-hybridized carbons (Fsp3) is 0.387. The van der Waals surface area contributed by atoms with E-state index in [2.05, 4.69) is 95.3 Å². The Balaban J connectivity index is 1.30. The second kappa shape index (κ2) is 11.0. The van der Waals surface area contributed by atoms with Gasteiger partial charge in [0.1, 0.15) is 6.29 Å². The summed E-state index contributed by atoms with van der Waals surface area (Å²) in [6, 6.07) is 19.6. The van der Waals surface area contributed by atoms with Crippen LogP contribution in [0, 0.1) is 23.7 Å². The summed E-state index contributed by atoms with van der Waals surface area (Å²) in [6.07, 6.45) is 16.9. The summed E-state index contributed by atoms with van der Waals surface area (Å²) < 4.78 is 0. The van der Waals surface area contributed by atoms with Crippen molar-refractivity contribution >= 4 is 6.29 Å². The Hall–Kier alpha value is -2.91. The molecule has 2 heterocycles. The van der Waals surface area contributed by atoms with Crippen LogP contribution in [0.5, 0.6) is 0 Å². The summed E-state index contributed by atoms with van der Waals surface area (Å²) in [5, 5.41) is 3.39. The normalized spacial score (nSPS) is 26.8. The molecule has 1 fully saturated rings. The Bertz CT molecular complexity index is 1040. The largest absolute Gasteiger partial charge is 0.391 e. The number of piperidine rings is 1. The monoisotopic (exact) mass is 452 g/mol. The lowest BCUT2D eigenvalue weighted by molar-refractivity contribution is -0.108. The molecule has 1 saturated heterocycles. The number of carbonyl (C=O) groups excluding carboxylic acids is 1. The van der Waals surface area contributed by atoms with Gasteiger partial charge < -0.3 is 10.1 Å². The summed E-state index contributed by atoms with van der Waals surface area (Å²) in [4.78, 5) is 13.8. The van der Waals surface area contributed by atoms with Crippen LogP contribution in [0.25, 0.3) is 11.1 Å². The quantitative estimate of drug-likeness (QED) is 0.523. The summed E-state index contributed by atoms with van der Waals surface area (Å²) in [5.41, 5.74) is 5.39. The first-order chi connectivity index (χ1) is 16.8. The van der Waals surface area contributed by atoms with Gasteiger partial charge in [-0.1, -0.05) is 78.9 Å². The number of rotatable bonds is 7. The maximum absolute atomic E-state index is 11.1. The number of allylic oxidation sites excluding steroid dienone is 4. The molecule has 2 aromatic carbocycles. The van der Waals surface area contributed by atoms with Gasteiger partial charge in [0, 0.05) is 32.0 Å². The van der Waals surface area contributed by atoms with Crippen molar-refractivity contribution in [3.05, 3.63) is 96.2 Å². The van der Waals surface area contributed by atoms with Crippen molar-refractivity contribution in [2.75, 3.05) is 19.6 Å². The molecular weight excluding hydrogens is 416 g/mol. The summed E-state index contributed by atoms with van der Waals surface area (Å²) in [6.45, 7) is 4.21. The lowest BCUT2D eigenvalue weighted by Crippen LogP contribution is -2.41. The van der Waals surface area contributed by atoms with Crippen LogP contribution in [0.3, 0.4) is 0 Å². The zero-order valence-corrected chi connectivity index (χ0v) is 20.0. The molecule has 1 aliphatic carbocycles. The molecule has 2 aliphatic heterocycles. The SMILES string of the molecule is O=CCCC1CCN(Cc2ccc(-c3ccccc3)cc2)CC1C1=CC2C=CNCCC2C=C1. The molecule has 176 valence electrons. The average Bonchev–Trinajstić information content (AvgIpc) is 3.14. The van der Waals surface area contributed by atoms with Gasteiger partial charge in [-0.15, -0.1) is 0 Å². The number of aldehydes is 1. The van der Waals surface area contributed by atoms with E-state index in [9.17, 15) is 4.79 Å². The molecule has 0 aromatic heterocycles. The van der Waals surface area contributed by atoms with Crippen molar-refractivity contribution in [1.82, 2.24) is 10.2 Å². The van der Waals surface area contributed by atoms with Crippen LogP contribution in [0.4, 0.5) is 0 Å². The predicted molar refractivity (Wildman–Crippen MR) is 140 cm³/mol. The highest BCUT2D eigenvalue weighted by Crippen LogP contribution is 2.38. The fourth-order valence-electron chi connectivity index (χ4n) is 5.92. The minimum absolute atomic E-state index is 0.489. The molecule has 0 amide bonds. The molecule has 3 heteroatoms. The molecule has 34 heavy (non-hydrogen) atoms. The summed E-state index contributed by atoms with van der Waals surface area (Å²) in [5.74, 6) is 2.18. The van der Waals surface area contributed by atoms with Crippen molar-refractivity contribution < 1.29 is 4.79 Å². The van der Waals surface area contributed by atoms with Gasteiger partial charge in [0.15, 0.2) is 0 Å². The molecule has 4 unspecified atom stereocenters. The van der Waals surface area contributed by atoms with E-state index in [0.29, 0.717) is 30.1 Å². The second-order valence-electron chi connectivity index (χ2n) is 10.1. The maximum atomic E-state index is 11.1. The van der Waals surface area contributed by atoms with Gasteiger partial charge in [-0.2, -0.15) is 0 Å². The topological polar surface area (TPSA) is 32.3 Å². The third kappa shape index (κ3) is 5.42. The van der Waals surface area contributed by atoms with E-state index < -0.39 is 0 Å². The molecule has 3 nitrogen and oxygen atoms in total. The zero-order valence-electron chi connectivity index (χ0n) is 20.0. The number of fused-ring (bicyclic) bond motifs is 1. The van der Waals surface area contributed by atoms with E-state index in [1.165, 1.54) is 28.7 Å². The lowest BCUT2D eigenvalue weighted by Gasteiger charge is -2.40. The number of likely N-dealkylation sites (tertiary alicyclic amines) is 1. The Labute approximate surface area is 204 Å². The zero-order chi connectivity index (χ0) is 23.2. The lowest BCUT2D eigenvalue weighted by atomic mass is 9.73. The third-order valence-corrected chi connectivity index (χ3v) is 7.86. The summed E-state index contributed by atoms with van der Waals surface area (Å²) >= 11 is 0. The van der Waals surface area contributed by atoms with Crippen molar-refractivity contribution in [1.29, 1.82) is 0 Å². The molecule has 3 aliphatic rings. The van der Waals surface area contributed by atoms with Gasteiger partial charge in [0.2, 0.25) is 0 Å². The van der Waals surface area contributed by atoms with Crippen molar-refractivity contribution in [2.24, 2.45) is 23.7 Å². The van der Waals surface area contributed by atoms with Crippen LogP contribution in [0.1, 0.15) is 31.2 Å². The van der Waals surface area contributed by atoms with E-state index in [0.717, 1.165) is 45.3 Å². The van der Waals surface area contributed by atoms with Crippen LogP contribution < -0.4 is 5.32 Å². The number of hydrogen-bond donors (Lipinski definition) is 1. The minimum Gasteiger partial charge on any atom is -0.391 e. The Morgan fingerprint density at radius 2 is 1.79 bits per heavy atom. The first kappa shape index (κ1) is 22.9. The molecule has 5 rings (SSSR count). The number of benzene rings is 2. The molecule has 0 saturated carbocycles. The Morgan fingerprint density at radius 3 is 2.62 bits per heavy atom. The van der Waals surface area contributed by atoms with Crippen LogP contribution in [-0.4, -0.2) is 30.8 Å². The molecular formula is C31H36N2O. The minimum atomic E-state index is 0.489. The van der Waals surface area contributed by atoms with Crippen LogP contribution in [0.2, 0.25) is 0 Å². The van der Waals surface area contributed by atoms with Gasteiger partial charge in [-0.3, -0.25) is 4.90 Å². The van der Waals surface area contributed by atoms with E-state index >= 15 is 0 Å². The van der Waals surface area contributed by atoms with E-state index in [-0.39, 0.29) is 0 Å². The van der Waals surface area contributed by atoms with Gasteiger partial charge in [-0.05, 0) is 72.0 Å². The Morgan fingerprint density at radius 1 is 0.971 bits per heavy atom. The Kier molecular flexibility index (Phi) is 7.40. The van der Waals surface area contributed by atoms with Gasteiger partial charge >= 0.3 is 0 Å². The highest BCUT2D eigenvalue weighted by Gasteiger charge is 2.32. The number of hydrogen-bond acceptors (Lipinski definition) is 3. The molecule has 0 spiro atoms. The van der Waals surface area contributed by atoms with E-state index in [4.69, 9.17) is 0 Å². The van der Waals surface area contributed by atoms with E-state index in [1.807, 2.05) is 0 Å². The average molecular weight is 453 g/mol. The number of nitrogens with zero attached hydrogens (tertiary/aromatic N) is 1. The van der Waals surface area contributed by atoms with E-state index in [1.54, 1.807) is 0 Å². The highest BCUT2D eigenvalue weighted by atomic mass is 16.1. The van der Waals surface area contributed by atoms with Crippen LogP contribution >= 0.6 is 0 Å². The molecule has 1 N–H and O–H groups in total. The van der Waals surface area contributed by atoms with Crippen molar-refractivity contribution in [3.63, 3.8) is 0 Å². The predicted octanol–water partition coefficient (Wildman–Crippen LogP) is 6.01. The van der Waals surface area contributed by atoms with Gasteiger partial charge in [-0.25, -0.2) is 0 Å². The third-order valence-electron chi connectivity index (χ3n) is 7.86. The second-order valence-corrected chi connectivity index (χ2v) is 10.1. The standard InChI is InChI=1S/C31H36N2O/c34-20-4-7-28-16-19-33(22-24-8-10-26(11-9-24)25-5-2-1-3-6-25)23-31(28)30-13-12-27-14-17-32-18-15-29(27)21-30/h1-3,5-6,8-13,15,18,20-21,27-29,31-32H,4,7,14,16-17,19,22-23H2. The number of carbonyl (C=O) groups is 1. The molecule has 2 aromatic rings. The first-order valence-corrected chi connectivity index (χ1v) is 12.9. The van der Waals surface area contributed by atoms with Gasteiger partial charge in [0.25, 0.3) is 0 Å². The van der Waals surface area contributed by atoms with Crippen LogP contribution in [0.15, 0.2) is 90.7 Å².